The van der Waals surface area contributed by atoms with Crippen LogP contribution >= 0.6 is 0 Å². The van der Waals surface area contributed by atoms with Crippen molar-refractivity contribution in [2.24, 2.45) is 7.05 Å². The normalized spacial score (nSPS) is 18.9. The maximum absolute atomic E-state index is 14.2. The Labute approximate surface area is 321 Å². The Balaban J connectivity index is 0.936. The van der Waals surface area contributed by atoms with E-state index >= 15 is 0 Å². The number of amides is 4. The average molecular weight is 777 g/mol. The number of rotatable bonds is 8. The van der Waals surface area contributed by atoms with E-state index in [0.717, 1.165) is 18.5 Å². The number of urea groups is 1. The molecule has 4 aromatic rings. The first kappa shape index (κ1) is 38.8. The van der Waals surface area contributed by atoms with E-state index in [1.54, 1.807) is 17.0 Å². The number of carbonyl (C=O) groups excluding carboxylic acids is 3. The molecule has 0 radical (unpaired) electrons. The van der Waals surface area contributed by atoms with Gasteiger partial charge in [0.25, 0.3) is 5.56 Å². The number of alkyl halides is 3. The number of benzene rings is 3. The zero-order valence-electron chi connectivity index (χ0n) is 31.2. The molecule has 3 fully saturated rings. The van der Waals surface area contributed by atoms with Gasteiger partial charge in [0.15, 0.2) is 0 Å². The first-order valence-electron chi connectivity index (χ1n) is 18.8. The Morgan fingerprint density at radius 1 is 0.911 bits per heavy atom. The largest absolute Gasteiger partial charge is 0.573 e. The fourth-order valence-corrected chi connectivity index (χ4v) is 8.11. The molecule has 2 N–H and O–H groups in total. The first-order chi connectivity index (χ1) is 26.7. The molecule has 15 heteroatoms. The van der Waals surface area contributed by atoms with Gasteiger partial charge in [0.1, 0.15) is 17.6 Å². The van der Waals surface area contributed by atoms with Crippen molar-refractivity contribution >= 4 is 34.3 Å². The highest BCUT2D eigenvalue weighted by Crippen LogP contribution is 2.36. The summed E-state index contributed by atoms with van der Waals surface area (Å²) in [7, 11) is 3.34. The van der Waals surface area contributed by atoms with Crippen molar-refractivity contribution in [1.29, 1.82) is 0 Å². The Kier molecular flexibility index (Phi) is 11.1. The van der Waals surface area contributed by atoms with Crippen LogP contribution in [-0.4, -0.2) is 88.8 Å². The number of hydrogen-bond donors (Lipinski definition) is 2. The highest BCUT2D eigenvalue weighted by atomic mass is 19.4. The second-order valence-corrected chi connectivity index (χ2v) is 15.0. The lowest BCUT2D eigenvalue weighted by Gasteiger charge is -2.40. The summed E-state index contributed by atoms with van der Waals surface area (Å²) >= 11 is 0. The number of imide groups is 1. The summed E-state index contributed by atoms with van der Waals surface area (Å²) in [6.45, 7) is 2.56. The highest BCUT2D eigenvalue weighted by molar-refractivity contribution is 6.01. The average Bonchev–Trinajstić information content (AvgIpc) is 3.17. The maximum Gasteiger partial charge on any atom is 0.573 e. The number of pyridine rings is 1. The third kappa shape index (κ3) is 8.67. The van der Waals surface area contributed by atoms with Crippen LogP contribution in [0.5, 0.6) is 5.75 Å². The fraction of sp³-hybridized carbons (Fsp3) is 0.415. The lowest BCUT2D eigenvalue weighted by atomic mass is 9.89. The number of nitrogens with zero attached hydrogens (tertiary/aromatic N) is 4. The molecule has 3 aliphatic heterocycles. The van der Waals surface area contributed by atoms with Crippen LogP contribution in [0.15, 0.2) is 71.7 Å². The van der Waals surface area contributed by atoms with Gasteiger partial charge in [-0.25, -0.2) is 9.18 Å². The van der Waals surface area contributed by atoms with Crippen molar-refractivity contribution in [3.8, 4) is 16.9 Å². The molecule has 1 aromatic heterocycles. The van der Waals surface area contributed by atoms with Crippen LogP contribution in [0.4, 0.5) is 28.0 Å². The molecular weight excluding hydrogens is 732 g/mol. The van der Waals surface area contributed by atoms with Gasteiger partial charge in [-0.2, -0.15) is 0 Å². The molecule has 3 aromatic carbocycles. The number of hydrogen-bond acceptors (Lipinski definition) is 7. The summed E-state index contributed by atoms with van der Waals surface area (Å²) < 4.78 is 61.0. The topological polar surface area (TPSA) is 116 Å². The van der Waals surface area contributed by atoms with E-state index < -0.39 is 18.2 Å². The van der Waals surface area contributed by atoms with Gasteiger partial charge in [-0.3, -0.25) is 24.6 Å². The highest BCUT2D eigenvalue weighted by Gasteiger charge is 2.34. The molecule has 11 nitrogen and oxygen atoms in total. The Bertz CT molecular complexity index is 2180. The van der Waals surface area contributed by atoms with Crippen molar-refractivity contribution in [3.63, 3.8) is 0 Å². The number of nitrogens with one attached hydrogen (secondary N) is 2. The molecule has 0 saturated carbocycles. The summed E-state index contributed by atoms with van der Waals surface area (Å²) in [4.78, 5) is 55.5. The summed E-state index contributed by atoms with van der Waals surface area (Å²) in [6.07, 6.45) is 0.225. The van der Waals surface area contributed by atoms with Crippen molar-refractivity contribution in [1.82, 2.24) is 24.6 Å². The van der Waals surface area contributed by atoms with Crippen LogP contribution in [-0.2, 0) is 23.2 Å². The molecule has 0 bridgehead atoms. The van der Waals surface area contributed by atoms with Crippen LogP contribution in [0.2, 0.25) is 0 Å². The molecular formula is C41H44F4N6O5. The fourth-order valence-electron chi connectivity index (χ4n) is 8.11. The van der Waals surface area contributed by atoms with Crippen molar-refractivity contribution in [2.75, 3.05) is 38.5 Å². The van der Waals surface area contributed by atoms with Crippen LogP contribution < -0.4 is 20.9 Å². The number of aryl methyl sites for hydroxylation is 1. The molecule has 4 amide bonds. The molecule has 1 unspecified atom stereocenters. The zero-order chi connectivity index (χ0) is 39.7. The Morgan fingerprint density at radius 3 is 2.30 bits per heavy atom. The molecule has 7 rings (SSSR count). The summed E-state index contributed by atoms with van der Waals surface area (Å²) in [5.41, 5.74) is 2.70. The predicted octanol–water partition coefficient (Wildman–Crippen LogP) is 6.36. The number of piperidine rings is 3. The van der Waals surface area contributed by atoms with E-state index in [-0.39, 0.29) is 52.5 Å². The molecule has 0 aliphatic carbocycles. The van der Waals surface area contributed by atoms with Gasteiger partial charge in [0.05, 0.1) is 0 Å². The van der Waals surface area contributed by atoms with Crippen LogP contribution in [0.1, 0.15) is 55.6 Å². The maximum atomic E-state index is 14.2. The first-order valence-corrected chi connectivity index (χ1v) is 18.8. The third-order valence-corrected chi connectivity index (χ3v) is 11.3. The van der Waals surface area contributed by atoms with Crippen molar-refractivity contribution < 1.29 is 36.7 Å². The molecule has 3 aliphatic rings. The van der Waals surface area contributed by atoms with Gasteiger partial charge in [-0.05, 0) is 90.9 Å². The summed E-state index contributed by atoms with van der Waals surface area (Å²) in [5.74, 6) is -1.22. The van der Waals surface area contributed by atoms with E-state index in [9.17, 15) is 36.7 Å². The third-order valence-electron chi connectivity index (χ3n) is 11.3. The molecule has 0 spiro atoms. The molecule has 296 valence electrons. The number of likely N-dealkylation sites (tertiary alicyclic amines) is 2. The minimum atomic E-state index is -4.95. The van der Waals surface area contributed by atoms with E-state index in [1.807, 2.05) is 41.1 Å². The van der Waals surface area contributed by atoms with E-state index in [0.29, 0.717) is 74.5 Å². The van der Waals surface area contributed by atoms with Gasteiger partial charge in [0, 0.05) is 87.7 Å². The molecule has 1 atom stereocenters. The number of carbonyl (C=O) groups is 3. The second-order valence-electron chi connectivity index (χ2n) is 15.0. The molecule has 4 heterocycles. The standard InChI is InChI=1S/C41H44F4N6O5/c1-48-24-34(33-22-29(42)7-10-32(33)39(48)54)27-3-4-28(36(21-27)56-41(43,44)45)23-50-17-15-31(16-18-50)49(2)40(55)51-19-13-26(14-20-51)25-5-8-30(9-6-25)46-35-11-12-37(52)47-38(35)53/h3-10,21-22,24,26,31,35,46H,11-20,23H2,1-2H3,(H,47,52,53). The predicted molar refractivity (Wildman–Crippen MR) is 203 cm³/mol. The lowest BCUT2D eigenvalue weighted by molar-refractivity contribution is -0.275. The minimum absolute atomic E-state index is 0.0208. The number of aromatic nitrogens is 1. The Morgan fingerprint density at radius 2 is 1.62 bits per heavy atom. The van der Waals surface area contributed by atoms with E-state index in [4.69, 9.17) is 0 Å². The van der Waals surface area contributed by atoms with Gasteiger partial charge in [0.2, 0.25) is 11.8 Å². The van der Waals surface area contributed by atoms with Crippen LogP contribution in [0.3, 0.4) is 0 Å². The van der Waals surface area contributed by atoms with Crippen LogP contribution in [0, 0.1) is 5.82 Å². The quantitative estimate of drug-likeness (QED) is 0.158. The number of anilines is 1. The van der Waals surface area contributed by atoms with Crippen LogP contribution in [0.25, 0.3) is 21.9 Å². The number of halogens is 4. The van der Waals surface area contributed by atoms with Crippen molar-refractivity contribution in [3.05, 3.63) is 94.2 Å². The van der Waals surface area contributed by atoms with Gasteiger partial charge in [-0.15, -0.1) is 13.2 Å². The second kappa shape index (κ2) is 16.0. The molecule has 3 saturated heterocycles. The van der Waals surface area contributed by atoms with E-state index in [2.05, 4.69) is 15.4 Å². The zero-order valence-corrected chi connectivity index (χ0v) is 31.2. The monoisotopic (exact) mass is 776 g/mol. The number of fused-ring (bicyclic) bond motifs is 1. The minimum Gasteiger partial charge on any atom is -0.405 e. The summed E-state index contributed by atoms with van der Waals surface area (Å²) in [6, 6.07) is 15.7. The van der Waals surface area contributed by atoms with Gasteiger partial charge in [-0.1, -0.05) is 24.3 Å². The summed E-state index contributed by atoms with van der Waals surface area (Å²) in [5, 5.41) is 6.09. The van der Waals surface area contributed by atoms with Gasteiger partial charge < -0.3 is 24.4 Å². The Hall–Kier alpha value is -5.44. The lowest BCUT2D eigenvalue weighted by Crippen LogP contribution is -2.51. The molecule has 56 heavy (non-hydrogen) atoms. The van der Waals surface area contributed by atoms with E-state index in [1.165, 1.54) is 47.6 Å². The SMILES string of the molecule is CN(C(=O)N1CCC(c2ccc(NC3CCC(=O)NC3=O)cc2)CC1)C1CCN(Cc2ccc(-c3cn(C)c(=O)c4ccc(F)cc34)cc2OC(F)(F)F)CC1. The number of ether oxygens (including phenoxy) is 1. The smallest absolute Gasteiger partial charge is 0.405 e. The van der Waals surface area contributed by atoms with Gasteiger partial charge >= 0.3 is 12.4 Å². The van der Waals surface area contributed by atoms with Crippen molar-refractivity contribution in [2.45, 2.75) is 69.4 Å².